The topological polar surface area (TPSA) is 38.4 Å². The van der Waals surface area contributed by atoms with E-state index >= 15 is 0 Å². The monoisotopic (exact) mass is 108 g/mol. The summed E-state index contributed by atoms with van der Waals surface area (Å²) in [7, 11) is 0. The van der Waals surface area contributed by atoms with E-state index in [1.165, 1.54) is 6.20 Å². The molecule has 1 rings (SSSR count). The number of hydrogen-bond acceptors (Lipinski definition) is 2. The second kappa shape index (κ2) is 2.31. The second-order valence-electron chi connectivity index (χ2n) is 1.56. The van der Waals surface area contributed by atoms with Crippen molar-refractivity contribution in [1.82, 2.24) is 0 Å². The third kappa shape index (κ3) is 1.60. The van der Waals surface area contributed by atoms with Gasteiger partial charge < -0.3 is 5.73 Å². The molecule has 0 spiro atoms. The smallest absolute Gasteiger partial charge is 0.0406 e. The first kappa shape index (κ1) is 5.09. The normalized spacial score (nSPS) is 17.8. The van der Waals surface area contributed by atoms with Crippen molar-refractivity contribution in [2.75, 3.05) is 0 Å². The van der Waals surface area contributed by atoms with Gasteiger partial charge in [0.2, 0.25) is 0 Å². The van der Waals surface area contributed by atoms with E-state index in [0.717, 1.165) is 12.1 Å². The van der Waals surface area contributed by atoms with Gasteiger partial charge in [-0.1, -0.05) is 6.08 Å². The van der Waals surface area contributed by atoms with Crippen LogP contribution in [0.15, 0.2) is 29.0 Å². The molecule has 8 heavy (non-hydrogen) atoms. The molecule has 0 heterocycles. The van der Waals surface area contributed by atoms with Crippen molar-refractivity contribution in [3.05, 3.63) is 24.0 Å². The molecule has 0 aliphatic heterocycles. The summed E-state index contributed by atoms with van der Waals surface area (Å²) in [6.07, 6.45) is 7.97. The predicted octanol–water partition coefficient (Wildman–Crippen LogP) is 0.817. The summed E-state index contributed by atoms with van der Waals surface area (Å²) in [5.74, 6) is 0. The Balaban J connectivity index is 2.24. The number of allylic oxidation sites excluding steroid dienone is 3. The van der Waals surface area contributed by atoms with E-state index in [0.29, 0.717) is 0 Å². The van der Waals surface area contributed by atoms with Crippen LogP contribution >= 0.6 is 0 Å². The van der Waals surface area contributed by atoms with Crippen LogP contribution in [0.4, 0.5) is 0 Å². The summed E-state index contributed by atoms with van der Waals surface area (Å²) < 4.78 is 0. The summed E-state index contributed by atoms with van der Waals surface area (Å²) in [5.41, 5.74) is 6.20. The lowest BCUT2D eigenvalue weighted by Gasteiger charge is -1.71. The number of nitrogens with zero attached hydrogens (tertiary/aromatic N) is 1. The summed E-state index contributed by atoms with van der Waals surface area (Å²) in [4.78, 5) is 3.99. The number of nitrogens with two attached hydrogens (primary N) is 1. The van der Waals surface area contributed by atoms with Gasteiger partial charge in [0.15, 0.2) is 0 Å². The van der Waals surface area contributed by atoms with Gasteiger partial charge in [0.1, 0.15) is 0 Å². The van der Waals surface area contributed by atoms with Gasteiger partial charge in [-0.2, -0.15) is 0 Å². The number of rotatable bonds is 2. The van der Waals surface area contributed by atoms with Gasteiger partial charge in [0, 0.05) is 18.3 Å². The third-order valence-corrected chi connectivity index (χ3v) is 0.824. The molecule has 0 amide bonds. The molecule has 42 valence electrons. The maximum atomic E-state index is 5.04. The minimum Gasteiger partial charge on any atom is -0.405 e. The molecule has 0 atom stereocenters. The Morgan fingerprint density at radius 2 is 2.50 bits per heavy atom. The predicted molar refractivity (Wildman–Crippen MR) is 34.5 cm³/mol. The van der Waals surface area contributed by atoms with Gasteiger partial charge in [0.25, 0.3) is 0 Å². The van der Waals surface area contributed by atoms with Crippen LogP contribution in [0.25, 0.3) is 0 Å². The second-order valence-corrected chi connectivity index (χ2v) is 1.56. The van der Waals surface area contributed by atoms with Crippen molar-refractivity contribution in [3.63, 3.8) is 0 Å². The van der Waals surface area contributed by atoms with Crippen molar-refractivity contribution in [3.8, 4) is 0 Å². The molecule has 0 aromatic rings. The van der Waals surface area contributed by atoms with Gasteiger partial charge in [-0.25, -0.2) is 0 Å². The van der Waals surface area contributed by atoms with Crippen LogP contribution in [-0.2, 0) is 0 Å². The quantitative estimate of drug-likeness (QED) is 0.522. The lowest BCUT2D eigenvalue weighted by atomic mass is 10.6. The first-order valence-electron chi connectivity index (χ1n) is 2.53. The van der Waals surface area contributed by atoms with Crippen molar-refractivity contribution in [2.45, 2.75) is 6.42 Å². The zero-order chi connectivity index (χ0) is 5.82. The highest BCUT2D eigenvalue weighted by molar-refractivity contribution is 5.72. The van der Waals surface area contributed by atoms with Gasteiger partial charge in [-0.3, -0.25) is 4.99 Å². The zero-order valence-electron chi connectivity index (χ0n) is 4.54. The van der Waals surface area contributed by atoms with Crippen LogP contribution in [0.5, 0.6) is 0 Å². The molecule has 0 radical (unpaired) electrons. The summed E-state index contributed by atoms with van der Waals surface area (Å²) in [6, 6.07) is 0. The van der Waals surface area contributed by atoms with E-state index in [-0.39, 0.29) is 0 Å². The average Bonchev–Trinajstić information content (AvgIpc) is 2.51. The minimum atomic E-state index is 1.05. The summed E-state index contributed by atoms with van der Waals surface area (Å²) >= 11 is 0. The molecule has 0 aromatic heterocycles. The Hall–Kier alpha value is -1.05. The Labute approximate surface area is 48.4 Å². The molecule has 0 aromatic carbocycles. The van der Waals surface area contributed by atoms with Crippen LogP contribution < -0.4 is 5.73 Å². The van der Waals surface area contributed by atoms with E-state index in [2.05, 4.69) is 11.1 Å². The van der Waals surface area contributed by atoms with E-state index in [1.807, 2.05) is 0 Å². The van der Waals surface area contributed by atoms with E-state index < -0.39 is 0 Å². The Morgan fingerprint density at radius 1 is 1.75 bits per heavy atom. The van der Waals surface area contributed by atoms with E-state index in [9.17, 15) is 0 Å². The molecule has 0 unspecified atom stereocenters. The molecule has 2 heteroatoms. The van der Waals surface area contributed by atoms with Gasteiger partial charge >= 0.3 is 0 Å². The Bertz CT molecular complexity index is 154. The molecule has 0 fully saturated rings. The van der Waals surface area contributed by atoms with Crippen LogP contribution in [0.3, 0.4) is 0 Å². The fourth-order valence-electron chi connectivity index (χ4n) is 0.340. The highest BCUT2D eigenvalue weighted by atomic mass is 14.8. The Morgan fingerprint density at radius 3 is 3.00 bits per heavy atom. The van der Waals surface area contributed by atoms with Crippen molar-refractivity contribution in [2.24, 2.45) is 10.7 Å². The third-order valence-electron chi connectivity index (χ3n) is 0.824. The van der Waals surface area contributed by atoms with E-state index in [1.54, 1.807) is 12.3 Å². The number of aliphatic imine (C=N–C) groups is 1. The standard InChI is InChI=1S/C6H8N2/c7-4-1-5-8-6-2-3-6/h1-2,4-5H,3,7H2. The largest absolute Gasteiger partial charge is 0.405 e. The minimum absolute atomic E-state index is 1.05. The summed E-state index contributed by atoms with van der Waals surface area (Å²) in [5, 5.41) is 0. The first-order valence-corrected chi connectivity index (χ1v) is 2.53. The fraction of sp³-hybridized carbons (Fsp3) is 0.167. The van der Waals surface area contributed by atoms with Gasteiger partial charge in [0.05, 0.1) is 0 Å². The van der Waals surface area contributed by atoms with Crippen LogP contribution in [-0.4, -0.2) is 6.21 Å². The maximum absolute atomic E-state index is 5.04. The molecule has 0 saturated heterocycles. The molecule has 0 saturated carbocycles. The SMILES string of the molecule is NC=CC=NC1=CC1. The highest BCUT2D eigenvalue weighted by Gasteiger charge is 2.01. The number of hydrogen-bond donors (Lipinski definition) is 1. The fourth-order valence-corrected chi connectivity index (χ4v) is 0.340. The van der Waals surface area contributed by atoms with Crippen LogP contribution in [0.1, 0.15) is 6.42 Å². The van der Waals surface area contributed by atoms with Crippen LogP contribution in [0, 0.1) is 0 Å². The zero-order valence-corrected chi connectivity index (χ0v) is 4.54. The lowest BCUT2D eigenvalue weighted by Crippen LogP contribution is -1.75. The van der Waals surface area contributed by atoms with Crippen LogP contribution in [0.2, 0.25) is 0 Å². The van der Waals surface area contributed by atoms with Gasteiger partial charge in [-0.15, -0.1) is 0 Å². The molecule has 2 N–H and O–H groups in total. The maximum Gasteiger partial charge on any atom is 0.0406 e. The molecular weight excluding hydrogens is 100 g/mol. The highest BCUT2D eigenvalue weighted by Crippen LogP contribution is 2.17. The molecular formula is C6H8N2. The Kier molecular flexibility index (Phi) is 1.47. The van der Waals surface area contributed by atoms with Crippen molar-refractivity contribution in [1.29, 1.82) is 0 Å². The molecule has 0 bridgehead atoms. The average molecular weight is 108 g/mol. The van der Waals surface area contributed by atoms with Crippen molar-refractivity contribution < 1.29 is 0 Å². The van der Waals surface area contributed by atoms with E-state index in [4.69, 9.17) is 5.73 Å². The molecule has 2 nitrogen and oxygen atoms in total. The van der Waals surface area contributed by atoms with Gasteiger partial charge in [-0.05, 0) is 12.3 Å². The first-order chi connectivity index (χ1) is 3.93. The van der Waals surface area contributed by atoms with Crippen molar-refractivity contribution >= 4 is 6.21 Å². The molecule has 1 aliphatic carbocycles. The summed E-state index contributed by atoms with van der Waals surface area (Å²) in [6.45, 7) is 0. The molecule has 1 aliphatic rings. The lowest BCUT2D eigenvalue weighted by molar-refractivity contribution is 1.40.